The van der Waals surface area contributed by atoms with Gasteiger partial charge in [-0.3, -0.25) is 14.6 Å². The minimum Gasteiger partial charge on any atom is -0.355 e. The van der Waals surface area contributed by atoms with Crippen molar-refractivity contribution in [2.24, 2.45) is 0 Å². The molecule has 28 heavy (non-hydrogen) atoms. The van der Waals surface area contributed by atoms with Crippen LogP contribution in [0.2, 0.25) is 0 Å². The molecule has 1 saturated carbocycles. The van der Waals surface area contributed by atoms with Crippen molar-refractivity contribution in [2.75, 3.05) is 12.4 Å². The summed E-state index contributed by atoms with van der Waals surface area (Å²) >= 11 is 0. The highest BCUT2D eigenvalue weighted by Gasteiger charge is 2.26. The molecule has 0 spiro atoms. The monoisotopic (exact) mass is 378 g/mol. The van der Waals surface area contributed by atoms with E-state index in [0.717, 1.165) is 18.5 Å². The number of halogens is 1. The lowest BCUT2D eigenvalue weighted by atomic mass is 10.0. The first-order chi connectivity index (χ1) is 13.6. The zero-order valence-electron chi connectivity index (χ0n) is 15.3. The predicted octanol–water partition coefficient (Wildman–Crippen LogP) is 3.37. The van der Waals surface area contributed by atoms with E-state index in [4.69, 9.17) is 0 Å². The average molecular weight is 378 g/mol. The van der Waals surface area contributed by atoms with Gasteiger partial charge in [-0.05, 0) is 31.0 Å². The molecule has 1 heterocycles. The highest BCUT2D eigenvalue weighted by atomic mass is 19.1. The van der Waals surface area contributed by atoms with E-state index in [1.54, 1.807) is 0 Å². The lowest BCUT2D eigenvalue weighted by Gasteiger charge is -2.16. The Hall–Kier alpha value is -3.48. The molecule has 4 rings (SSSR count). The van der Waals surface area contributed by atoms with Crippen molar-refractivity contribution in [2.45, 2.75) is 18.9 Å². The molecule has 2 aromatic carbocycles. The number of fused-ring (bicyclic) bond motifs is 1. The van der Waals surface area contributed by atoms with Gasteiger partial charge in [-0.2, -0.15) is 0 Å². The van der Waals surface area contributed by atoms with Gasteiger partial charge < -0.3 is 16.0 Å². The SMILES string of the molecule is CNC(=O)c1cc2c(Nc3ccccc3)c(C(=O)NC3CC3)cnc2cc1F. The highest BCUT2D eigenvalue weighted by Crippen LogP contribution is 2.31. The molecule has 0 atom stereocenters. The zero-order chi connectivity index (χ0) is 19.7. The van der Waals surface area contributed by atoms with Crippen LogP contribution in [0, 0.1) is 5.82 Å². The highest BCUT2D eigenvalue weighted by molar-refractivity contribution is 6.10. The molecule has 2 amide bonds. The fourth-order valence-corrected chi connectivity index (χ4v) is 2.99. The van der Waals surface area contributed by atoms with Gasteiger partial charge in [0.05, 0.1) is 22.3 Å². The number of hydrogen-bond donors (Lipinski definition) is 3. The second kappa shape index (κ2) is 7.26. The normalized spacial score (nSPS) is 13.2. The number of nitrogens with one attached hydrogen (secondary N) is 3. The Morgan fingerprint density at radius 3 is 2.50 bits per heavy atom. The predicted molar refractivity (Wildman–Crippen MR) is 105 cm³/mol. The Balaban J connectivity index is 1.89. The van der Waals surface area contributed by atoms with Crippen LogP contribution in [-0.2, 0) is 0 Å². The molecule has 0 radical (unpaired) electrons. The summed E-state index contributed by atoms with van der Waals surface area (Å²) in [5.74, 6) is -1.46. The number of hydrogen-bond acceptors (Lipinski definition) is 4. The summed E-state index contributed by atoms with van der Waals surface area (Å²) in [5, 5.41) is 9.11. The molecule has 7 heteroatoms. The quantitative estimate of drug-likeness (QED) is 0.636. The Kier molecular flexibility index (Phi) is 4.65. The third kappa shape index (κ3) is 3.51. The fourth-order valence-electron chi connectivity index (χ4n) is 2.99. The van der Waals surface area contributed by atoms with Gasteiger partial charge in [0.2, 0.25) is 0 Å². The molecule has 0 unspecified atom stereocenters. The molecule has 0 saturated heterocycles. The molecule has 0 bridgehead atoms. The first-order valence-electron chi connectivity index (χ1n) is 9.04. The molecular formula is C21H19FN4O2. The van der Waals surface area contributed by atoms with E-state index in [1.165, 1.54) is 25.4 Å². The topological polar surface area (TPSA) is 83.1 Å². The summed E-state index contributed by atoms with van der Waals surface area (Å²) in [5.41, 5.74) is 1.85. The Labute approximate surface area is 161 Å². The van der Waals surface area contributed by atoms with E-state index < -0.39 is 11.7 Å². The Bertz CT molecular complexity index is 1060. The van der Waals surface area contributed by atoms with Crippen molar-refractivity contribution in [3.05, 3.63) is 65.6 Å². The van der Waals surface area contributed by atoms with Gasteiger partial charge in [0.1, 0.15) is 5.82 Å². The van der Waals surface area contributed by atoms with Crippen molar-refractivity contribution in [1.29, 1.82) is 0 Å². The van der Waals surface area contributed by atoms with Crippen LogP contribution in [0.5, 0.6) is 0 Å². The molecule has 3 N–H and O–H groups in total. The van der Waals surface area contributed by atoms with Crippen molar-refractivity contribution >= 4 is 34.1 Å². The first kappa shape index (κ1) is 17.9. The zero-order valence-corrected chi connectivity index (χ0v) is 15.3. The van der Waals surface area contributed by atoms with Crippen molar-refractivity contribution < 1.29 is 14.0 Å². The summed E-state index contributed by atoms with van der Waals surface area (Å²) in [6.07, 6.45) is 3.35. The van der Waals surface area contributed by atoms with Gasteiger partial charge in [0.15, 0.2) is 0 Å². The van der Waals surface area contributed by atoms with Crippen LogP contribution < -0.4 is 16.0 Å². The minimum atomic E-state index is -0.666. The number of benzene rings is 2. The van der Waals surface area contributed by atoms with E-state index in [2.05, 4.69) is 20.9 Å². The molecule has 1 aliphatic rings. The lowest BCUT2D eigenvalue weighted by molar-refractivity contribution is 0.0946. The van der Waals surface area contributed by atoms with E-state index in [-0.39, 0.29) is 17.5 Å². The minimum absolute atomic E-state index is 0.104. The number of aromatic nitrogens is 1. The van der Waals surface area contributed by atoms with Gasteiger partial charge in [-0.25, -0.2) is 4.39 Å². The summed E-state index contributed by atoms with van der Waals surface area (Å²) in [7, 11) is 1.44. The van der Waals surface area contributed by atoms with Gasteiger partial charge in [0, 0.05) is 36.4 Å². The number of anilines is 2. The molecule has 1 aromatic heterocycles. The molecule has 1 aliphatic carbocycles. The maximum atomic E-state index is 14.4. The molecular weight excluding hydrogens is 359 g/mol. The Morgan fingerprint density at radius 2 is 1.82 bits per heavy atom. The van der Waals surface area contributed by atoms with Crippen LogP contribution >= 0.6 is 0 Å². The maximum Gasteiger partial charge on any atom is 0.255 e. The van der Waals surface area contributed by atoms with Gasteiger partial charge in [0.25, 0.3) is 11.8 Å². The van der Waals surface area contributed by atoms with E-state index in [0.29, 0.717) is 22.2 Å². The average Bonchev–Trinajstić information content (AvgIpc) is 3.51. The van der Waals surface area contributed by atoms with Crippen molar-refractivity contribution in [3.8, 4) is 0 Å². The lowest BCUT2D eigenvalue weighted by Crippen LogP contribution is -2.26. The number of carbonyl (C=O) groups is 2. The van der Waals surface area contributed by atoms with E-state index >= 15 is 0 Å². The maximum absolute atomic E-state index is 14.4. The van der Waals surface area contributed by atoms with Crippen LogP contribution in [0.4, 0.5) is 15.8 Å². The summed E-state index contributed by atoms with van der Waals surface area (Å²) < 4.78 is 14.4. The third-order valence-corrected chi connectivity index (χ3v) is 4.63. The fraction of sp³-hybridized carbons (Fsp3) is 0.190. The molecule has 1 fully saturated rings. The summed E-state index contributed by atoms with van der Waals surface area (Å²) in [6, 6.07) is 12.2. The molecule has 3 aromatic rings. The third-order valence-electron chi connectivity index (χ3n) is 4.63. The summed E-state index contributed by atoms with van der Waals surface area (Å²) in [6.45, 7) is 0. The first-order valence-corrected chi connectivity index (χ1v) is 9.04. The second-order valence-electron chi connectivity index (χ2n) is 6.71. The van der Waals surface area contributed by atoms with Gasteiger partial charge in [-0.15, -0.1) is 0 Å². The van der Waals surface area contributed by atoms with Crippen LogP contribution in [0.3, 0.4) is 0 Å². The van der Waals surface area contributed by atoms with Crippen LogP contribution in [0.25, 0.3) is 10.9 Å². The van der Waals surface area contributed by atoms with Crippen molar-refractivity contribution in [1.82, 2.24) is 15.6 Å². The number of nitrogens with zero attached hydrogens (tertiary/aromatic N) is 1. The van der Waals surface area contributed by atoms with E-state index in [1.807, 2.05) is 30.3 Å². The van der Waals surface area contributed by atoms with Gasteiger partial charge in [-0.1, -0.05) is 18.2 Å². The van der Waals surface area contributed by atoms with Crippen LogP contribution in [0.15, 0.2) is 48.7 Å². The Morgan fingerprint density at radius 1 is 1.07 bits per heavy atom. The number of para-hydroxylation sites is 1. The smallest absolute Gasteiger partial charge is 0.255 e. The number of amides is 2. The van der Waals surface area contributed by atoms with Crippen molar-refractivity contribution in [3.63, 3.8) is 0 Å². The number of pyridine rings is 1. The molecule has 0 aliphatic heterocycles. The van der Waals surface area contributed by atoms with Crippen LogP contribution in [0.1, 0.15) is 33.6 Å². The standard InChI is InChI=1S/C21H19FN4O2/c1-23-20(27)14-9-15-18(10-17(14)22)24-11-16(21(28)26-13-7-8-13)19(15)25-12-5-3-2-4-6-12/h2-6,9-11,13H,7-8H2,1H3,(H,23,27)(H,24,25)(H,26,28). The van der Waals surface area contributed by atoms with Crippen LogP contribution in [-0.4, -0.2) is 29.9 Å². The molecule has 142 valence electrons. The van der Waals surface area contributed by atoms with Gasteiger partial charge >= 0.3 is 0 Å². The number of rotatable bonds is 5. The number of carbonyl (C=O) groups excluding carboxylic acids is 2. The summed E-state index contributed by atoms with van der Waals surface area (Å²) in [4.78, 5) is 29.0. The second-order valence-corrected chi connectivity index (χ2v) is 6.71. The van der Waals surface area contributed by atoms with E-state index in [9.17, 15) is 14.0 Å². The molecule has 6 nitrogen and oxygen atoms in total. The largest absolute Gasteiger partial charge is 0.355 e.